The molecule has 0 unspecified atom stereocenters. The quantitative estimate of drug-likeness (QED) is 0.405. The molecule has 0 saturated carbocycles. The van der Waals surface area contributed by atoms with Gasteiger partial charge in [-0.05, 0) is 54.8 Å². The van der Waals surface area contributed by atoms with Crippen molar-refractivity contribution in [2.24, 2.45) is 0 Å². The molecule has 0 aliphatic carbocycles. The average molecular weight is 416 g/mol. The zero-order valence-corrected chi connectivity index (χ0v) is 18.0. The lowest BCUT2D eigenvalue weighted by Gasteiger charge is -2.14. The Morgan fingerprint density at radius 2 is 1.61 bits per heavy atom. The van der Waals surface area contributed by atoms with E-state index in [1.54, 1.807) is 26.4 Å². The highest BCUT2D eigenvalue weighted by Gasteiger charge is 2.20. The Labute approximate surface area is 180 Å². The molecule has 0 spiro atoms. The van der Waals surface area contributed by atoms with E-state index in [0.29, 0.717) is 33.8 Å². The molecule has 0 radical (unpaired) electrons. The topological polar surface area (TPSA) is 57.9 Å². The maximum Gasteiger partial charge on any atom is 0.235 e. The minimum absolute atomic E-state index is 0.175. The Kier molecular flexibility index (Phi) is 5.67. The lowest BCUT2D eigenvalue weighted by molar-refractivity contribution is 0.297. The summed E-state index contributed by atoms with van der Waals surface area (Å²) in [5.74, 6) is 1.67. The van der Waals surface area contributed by atoms with Gasteiger partial charge in [-0.2, -0.15) is 0 Å². The molecule has 1 heterocycles. The fourth-order valence-corrected chi connectivity index (χ4v) is 3.66. The van der Waals surface area contributed by atoms with Crippen LogP contribution >= 0.6 is 0 Å². The van der Waals surface area contributed by atoms with Crippen molar-refractivity contribution in [1.29, 1.82) is 0 Å². The predicted molar refractivity (Wildman–Crippen MR) is 121 cm³/mol. The molecule has 31 heavy (non-hydrogen) atoms. The molecule has 0 aliphatic heterocycles. The first-order valence-corrected chi connectivity index (χ1v) is 9.99. The second-order valence-electron chi connectivity index (χ2n) is 7.39. The summed E-state index contributed by atoms with van der Waals surface area (Å²) < 4.78 is 23.1. The number of fused-ring (bicyclic) bond motifs is 1. The van der Waals surface area contributed by atoms with E-state index in [-0.39, 0.29) is 17.8 Å². The molecular weight excluding hydrogens is 392 g/mol. The van der Waals surface area contributed by atoms with Gasteiger partial charge in [-0.1, -0.05) is 36.4 Å². The fraction of sp³-hybridized carbons (Fsp3) is 0.192. The Hall–Kier alpha value is -3.73. The van der Waals surface area contributed by atoms with Gasteiger partial charge in [0.05, 0.1) is 19.6 Å². The van der Waals surface area contributed by atoms with Crippen LogP contribution in [0.1, 0.15) is 16.7 Å². The lowest BCUT2D eigenvalue weighted by atomic mass is 10.0. The van der Waals surface area contributed by atoms with Crippen molar-refractivity contribution in [3.63, 3.8) is 0 Å². The maximum atomic E-state index is 13.5. The maximum absolute atomic E-state index is 13.5. The first-order chi connectivity index (χ1) is 15.0. The van der Waals surface area contributed by atoms with E-state index in [9.17, 15) is 4.79 Å². The van der Waals surface area contributed by atoms with E-state index in [4.69, 9.17) is 18.6 Å². The summed E-state index contributed by atoms with van der Waals surface area (Å²) in [4.78, 5) is 13.5. The Balaban J connectivity index is 1.92. The Bertz CT molecular complexity index is 1290. The second-order valence-corrected chi connectivity index (χ2v) is 7.39. The molecule has 0 aliphatic rings. The summed E-state index contributed by atoms with van der Waals surface area (Å²) in [6.07, 6.45) is 0. The molecule has 0 fully saturated rings. The Morgan fingerprint density at radius 1 is 0.871 bits per heavy atom. The molecule has 5 nitrogen and oxygen atoms in total. The predicted octanol–water partition coefficient (Wildman–Crippen LogP) is 5.67. The molecule has 158 valence electrons. The van der Waals surface area contributed by atoms with Crippen LogP contribution in [0.3, 0.4) is 0 Å². The normalized spacial score (nSPS) is 10.8. The lowest BCUT2D eigenvalue weighted by Crippen LogP contribution is -2.11. The molecule has 4 aromatic rings. The average Bonchev–Trinajstić information content (AvgIpc) is 2.79. The summed E-state index contributed by atoms with van der Waals surface area (Å²) in [5.41, 5.74) is 3.86. The number of hydrogen-bond donors (Lipinski definition) is 0. The van der Waals surface area contributed by atoms with Gasteiger partial charge in [0.1, 0.15) is 12.2 Å². The molecule has 1 aromatic heterocycles. The van der Waals surface area contributed by atoms with Crippen molar-refractivity contribution in [2.75, 3.05) is 14.2 Å². The van der Waals surface area contributed by atoms with Crippen LogP contribution in [0.25, 0.3) is 22.3 Å². The molecule has 0 bridgehead atoms. The monoisotopic (exact) mass is 416 g/mol. The van der Waals surface area contributed by atoms with Crippen LogP contribution in [0.4, 0.5) is 0 Å². The van der Waals surface area contributed by atoms with Crippen LogP contribution in [-0.4, -0.2) is 14.2 Å². The van der Waals surface area contributed by atoms with Gasteiger partial charge >= 0.3 is 0 Å². The van der Waals surface area contributed by atoms with Gasteiger partial charge in [-0.3, -0.25) is 4.79 Å². The van der Waals surface area contributed by atoms with Gasteiger partial charge < -0.3 is 18.6 Å². The standard InChI is InChI=1S/C26H24O5/c1-16-12-17(2)24-20(13-16)23(27)26(30-15-18-8-6-5-7-9-18)25(31-24)19-10-11-21(28-3)22(14-19)29-4/h5-14H,15H2,1-4H3. The Morgan fingerprint density at radius 3 is 2.32 bits per heavy atom. The number of rotatable bonds is 6. The largest absolute Gasteiger partial charge is 0.493 e. The van der Waals surface area contributed by atoms with E-state index in [2.05, 4.69) is 0 Å². The zero-order valence-electron chi connectivity index (χ0n) is 18.0. The van der Waals surface area contributed by atoms with Crippen LogP contribution < -0.4 is 19.6 Å². The van der Waals surface area contributed by atoms with E-state index in [0.717, 1.165) is 16.7 Å². The van der Waals surface area contributed by atoms with Crippen molar-refractivity contribution in [2.45, 2.75) is 20.5 Å². The first kappa shape index (κ1) is 20.5. The summed E-state index contributed by atoms with van der Waals surface area (Å²) in [6.45, 7) is 4.14. The van der Waals surface area contributed by atoms with Crippen molar-refractivity contribution in [3.8, 4) is 28.6 Å². The number of hydrogen-bond acceptors (Lipinski definition) is 5. The molecule has 4 rings (SSSR count). The van der Waals surface area contributed by atoms with Crippen molar-refractivity contribution < 1.29 is 18.6 Å². The van der Waals surface area contributed by atoms with Crippen LogP contribution in [0.15, 0.2) is 69.9 Å². The first-order valence-electron chi connectivity index (χ1n) is 9.99. The minimum atomic E-state index is -0.200. The van der Waals surface area contributed by atoms with Gasteiger partial charge in [0.25, 0.3) is 0 Å². The minimum Gasteiger partial charge on any atom is -0.493 e. The molecule has 3 aromatic carbocycles. The number of ether oxygens (including phenoxy) is 3. The van der Waals surface area contributed by atoms with E-state index < -0.39 is 0 Å². The molecule has 0 saturated heterocycles. The van der Waals surface area contributed by atoms with Crippen molar-refractivity contribution in [1.82, 2.24) is 0 Å². The molecule has 5 heteroatoms. The van der Waals surface area contributed by atoms with E-state index >= 15 is 0 Å². The summed E-state index contributed by atoms with van der Waals surface area (Å²) in [7, 11) is 3.14. The van der Waals surface area contributed by atoms with Crippen molar-refractivity contribution in [3.05, 3.63) is 87.6 Å². The van der Waals surface area contributed by atoms with Crippen LogP contribution in [0.2, 0.25) is 0 Å². The number of benzene rings is 3. The third kappa shape index (κ3) is 3.99. The number of methoxy groups -OCH3 is 2. The third-order valence-corrected chi connectivity index (χ3v) is 5.15. The highest BCUT2D eigenvalue weighted by atomic mass is 16.5. The third-order valence-electron chi connectivity index (χ3n) is 5.15. The highest BCUT2D eigenvalue weighted by Crippen LogP contribution is 2.37. The van der Waals surface area contributed by atoms with Crippen LogP contribution in [-0.2, 0) is 6.61 Å². The molecular formula is C26H24O5. The van der Waals surface area contributed by atoms with Gasteiger partial charge in [0.15, 0.2) is 17.3 Å². The summed E-state index contributed by atoms with van der Waals surface area (Å²) in [5, 5.41) is 0.504. The van der Waals surface area contributed by atoms with Crippen molar-refractivity contribution >= 4 is 11.0 Å². The van der Waals surface area contributed by atoms with Gasteiger partial charge in [-0.15, -0.1) is 0 Å². The summed E-state index contributed by atoms with van der Waals surface area (Å²) >= 11 is 0. The highest BCUT2D eigenvalue weighted by molar-refractivity contribution is 5.85. The second kappa shape index (κ2) is 8.56. The molecule has 0 atom stereocenters. The van der Waals surface area contributed by atoms with Crippen LogP contribution in [0.5, 0.6) is 17.2 Å². The molecule has 0 N–H and O–H groups in total. The SMILES string of the molecule is COc1ccc(-c2oc3c(C)cc(C)cc3c(=O)c2OCc2ccccc2)cc1OC. The fourth-order valence-electron chi connectivity index (χ4n) is 3.66. The number of aryl methyl sites for hydroxylation is 2. The van der Waals surface area contributed by atoms with E-state index in [1.165, 1.54) is 0 Å². The van der Waals surface area contributed by atoms with Crippen LogP contribution in [0, 0.1) is 13.8 Å². The van der Waals surface area contributed by atoms with Gasteiger partial charge in [0, 0.05) is 5.56 Å². The smallest absolute Gasteiger partial charge is 0.235 e. The molecule has 0 amide bonds. The zero-order chi connectivity index (χ0) is 22.0. The van der Waals surface area contributed by atoms with Gasteiger partial charge in [-0.25, -0.2) is 0 Å². The van der Waals surface area contributed by atoms with E-state index in [1.807, 2.05) is 62.4 Å². The van der Waals surface area contributed by atoms with Gasteiger partial charge in [0.2, 0.25) is 11.2 Å². The summed E-state index contributed by atoms with van der Waals surface area (Å²) in [6, 6.07) is 18.9.